The number of hydrogen-bond donors (Lipinski definition) is 0. The minimum absolute atomic E-state index is 0.0912. The maximum atomic E-state index is 12.1. The molecular weight excluding hydrogens is 240 g/mol. The molecule has 0 aliphatic carbocycles. The molecule has 0 N–H and O–H groups in total. The lowest BCUT2D eigenvalue weighted by atomic mass is 10.2. The van der Waals surface area contributed by atoms with E-state index in [4.69, 9.17) is 4.74 Å². The van der Waals surface area contributed by atoms with Crippen LogP contribution in [0.2, 0.25) is 0 Å². The number of nitrogens with zero attached hydrogens (tertiary/aromatic N) is 2. The lowest BCUT2D eigenvalue weighted by molar-refractivity contribution is 0.294. The average molecular weight is 260 g/mol. The van der Waals surface area contributed by atoms with Crippen LogP contribution >= 0.6 is 0 Å². The zero-order valence-corrected chi connectivity index (χ0v) is 11.9. The van der Waals surface area contributed by atoms with Gasteiger partial charge in [-0.1, -0.05) is 32.6 Å². The van der Waals surface area contributed by atoms with Crippen LogP contribution in [0.4, 0.5) is 0 Å². The Kier molecular flexibility index (Phi) is 5.30. The second kappa shape index (κ2) is 6.73. The Morgan fingerprint density at radius 3 is 2.63 bits per heavy atom. The summed E-state index contributed by atoms with van der Waals surface area (Å²) in [6, 6.07) is 7.24. The number of rotatable bonds is 3. The van der Waals surface area contributed by atoms with Crippen LogP contribution in [-0.4, -0.2) is 16.2 Å². The lowest BCUT2D eigenvalue weighted by Gasteiger charge is -2.11. The predicted molar refractivity (Wildman–Crippen MR) is 79.0 cm³/mol. The van der Waals surface area contributed by atoms with Crippen molar-refractivity contribution in [2.24, 2.45) is 7.05 Å². The molecule has 102 valence electrons. The molecule has 0 saturated heterocycles. The summed E-state index contributed by atoms with van der Waals surface area (Å²) in [6.07, 6.45) is 0. The highest BCUT2D eigenvalue weighted by Gasteiger charge is 2.10. The van der Waals surface area contributed by atoms with Crippen molar-refractivity contribution in [2.45, 2.75) is 20.8 Å². The minimum atomic E-state index is -0.0912. The van der Waals surface area contributed by atoms with E-state index in [2.05, 4.69) is 11.6 Å². The van der Waals surface area contributed by atoms with Crippen molar-refractivity contribution in [3.05, 3.63) is 47.0 Å². The van der Waals surface area contributed by atoms with Gasteiger partial charge in [0.2, 0.25) is 0 Å². The molecule has 0 aliphatic heterocycles. The number of ether oxygens (including phenoxy) is 1. The van der Waals surface area contributed by atoms with Gasteiger partial charge < -0.3 is 4.74 Å². The molecule has 19 heavy (non-hydrogen) atoms. The zero-order valence-electron chi connectivity index (χ0n) is 11.9. The molecule has 0 saturated carbocycles. The van der Waals surface area contributed by atoms with Crippen LogP contribution in [0.5, 0.6) is 0 Å². The number of hydrogen-bond acceptors (Lipinski definition) is 3. The van der Waals surface area contributed by atoms with E-state index < -0.39 is 0 Å². The third-order valence-electron chi connectivity index (χ3n) is 2.55. The number of benzene rings is 1. The third-order valence-corrected chi connectivity index (χ3v) is 2.55. The van der Waals surface area contributed by atoms with Crippen molar-refractivity contribution in [2.75, 3.05) is 6.61 Å². The highest BCUT2D eigenvalue weighted by atomic mass is 16.5. The summed E-state index contributed by atoms with van der Waals surface area (Å²) in [4.78, 5) is 16.5. The molecule has 0 atom stereocenters. The van der Waals surface area contributed by atoms with Gasteiger partial charge in [0.1, 0.15) is 0 Å². The molecule has 2 aromatic rings. The SMILES string of the molecule is C=C(OCC)c1nc2ccccc2c(=O)n1C.CC. The van der Waals surface area contributed by atoms with Gasteiger partial charge in [0.05, 0.1) is 17.5 Å². The topological polar surface area (TPSA) is 44.1 Å². The summed E-state index contributed by atoms with van der Waals surface area (Å²) < 4.78 is 6.75. The van der Waals surface area contributed by atoms with Gasteiger partial charge in [-0.15, -0.1) is 0 Å². The Labute approximate surface area is 113 Å². The van der Waals surface area contributed by atoms with Crippen molar-refractivity contribution in [3.8, 4) is 0 Å². The van der Waals surface area contributed by atoms with Gasteiger partial charge in [-0.25, -0.2) is 4.98 Å². The smallest absolute Gasteiger partial charge is 0.261 e. The van der Waals surface area contributed by atoms with Gasteiger partial charge in [0.15, 0.2) is 11.6 Å². The van der Waals surface area contributed by atoms with Crippen molar-refractivity contribution < 1.29 is 4.74 Å². The summed E-state index contributed by atoms with van der Waals surface area (Å²) in [6.45, 7) is 10.1. The largest absolute Gasteiger partial charge is 0.491 e. The van der Waals surface area contributed by atoms with E-state index in [0.717, 1.165) is 0 Å². The Balaban J connectivity index is 0.000000861. The van der Waals surface area contributed by atoms with Crippen LogP contribution in [-0.2, 0) is 11.8 Å². The molecule has 4 nitrogen and oxygen atoms in total. The first-order valence-electron chi connectivity index (χ1n) is 6.43. The van der Waals surface area contributed by atoms with Gasteiger partial charge in [0.25, 0.3) is 5.56 Å². The van der Waals surface area contributed by atoms with E-state index in [1.807, 2.05) is 32.9 Å². The fraction of sp³-hybridized carbons (Fsp3) is 0.333. The van der Waals surface area contributed by atoms with Crippen molar-refractivity contribution in [3.63, 3.8) is 0 Å². The van der Waals surface area contributed by atoms with E-state index in [0.29, 0.717) is 29.1 Å². The molecule has 1 heterocycles. The van der Waals surface area contributed by atoms with Crippen LogP contribution in [0.3, 0.4) is 0 Å². The van der Waals surface area contributed by atoms with Crippen LogP contribution in [0, 0.1) is 0 Å². The molecule has 0 fully saturated rings. The van der Waals surface area contributed by atoms with Crippen LogP contribution in [0.25, 0.3) is 16.7 Å². The minimum Gasteiger partial charge on any atom is -0.491 e. The van der Waals surface area contributed by atoms with Crippen LogP contribution in [0.15, 0.2) is 35.6 Å². The molecule has 0 aliphatic rings. The molecule has 2 rings (SSSR count). The van der Waals surface area contributed by atoms with Crippen molar-refractivity contribution in [1.29, 1.82) is 0 Å². The van der Waals surface area contributed by atoms with Gasteiger partial charge >= 0.3 is 0 Å². The van der Waals surface area contributed by atoms with E-state index in [1.54, 1.807) is 19.2 Å². The van der Waals surface area contributed by atoms with E-state index in [9.17, 15) is 4.79 Å². The first kappa shape index (κ1) is 15.0. The molecule has 0 radical (unpaired) electrons. The number of fused-ring (bicyclic) bond motifs is 1. The van der Waals surface area contributed by atoms with Crippen LogP contribution < -0.4 is 5.56 Å². The number of aromatic nitrogens is 2. The van der Waals surface area contributed by atoms with Gasteiger partial charge in [-0.2, -0.15) is 0 Å². The highest BCUT2D eigenvalue weighted by molar-refractivity contribution is 5.78. The van der Waals surface area contributed by atoms with E-state index in [-0.39, 0.29) is 5.56 Å². The molecule has 1 aromatic carbocycles. The molecule has 0 unspecified atom stereocenters. The average Bonchev–Trinajstić information content (AvgIpc) is 2.45. The van der Waals surface area contributed by atoms with Crippen molar-refractivity contribution >= 4 is 16.7 Å². The summed E-state index contributed by atoms with van der Waals surface area (Å²) in [7, 11) is 1.67. The molecular formula is C15H20N2O2. The van der Waals surface area contributed by atoms with Crippen LogP contribution in [0.1, 0.15) is 26.6 Å². The Hall–Kier alpha value is -2.10. The van der Waals surface area contributed by atoms with Gasteiger partial charge in [-0.05, 0) is 19.1 Å². The maximum Gasteiger partial charge on any atom is 0.261 e. The molecule has 1 aromatic heterocycles. The quantitative estimate of drug-likeness (QED) is 0.797. The summed E-state index contributed by atoms with van der Waals surface area (Å²) in [5.74, 6) is 0.883. The summed E-state index contributed by atoms with van der Waals surface area (Å²) in [5, 5.41) is 0.600. The fourth-order valence-electron chi connectivity index (χ4n) is 1.71. The Bertz CT molecular complexity index is 630. The molecule has 4 heteroatoms. The molecule has 0 spiro atoms. The molecule has 0 bridgehead atoms. The van der Waals surface area contributed by atoms with Gasteiger partial charge in [0, 0.05) is 7.05 Å². The third kappa shape index (κ3) is 3.02. The Morgan fingerprint density at radius 2 is 2.00 bits per heavy atom. The monoisotopic (exact) mass is 260 g/mol. The fourth-order valence-corrected chi connectivity index (χ4v) is 1.71. The normalized spacial score (nSPS) is 9.68. The zero-order chi connectivity index (χ0) is 14.4. The molecule has 0 amide bonds. The standard InChI is InChI=1S/C13H14N2O2.C2H6/c1-4-17-9(2)12-14-11-8-6-5-7-10(11)13(16)15(12)3;1-2/h5-8H,2,4H2,1,3H3;1-2H3. The van der Waals surface area contributed by atoms with Gasteiger partial charge in [-0.3, -0.25) is 9.36 Å². The second-order valence-electron chi connectivity index (χ2n) is 3.67. The Morgan fingerprint density at radius 1 is 1.37 bits per heavy atom. The maximum absolute atomic E-state index is 12.1. The lowest BCUT2D eigenvalue weighted by Crippen LogP contribution is -2.22. The predicted octanol–water partition coefficient (Wildman–Crippen LogP) is 2.97. The first-order chi connectivity index (χ1) is 9.15. The summed E-state index contributed by atoms with van der Waals surface area (Å²) in [5.41, 5.74) is 0.568. The first-order valence-corrected chi connectivity index (χ1v) is 6.43. The van der Waals surface area contributed by atoms with E-state index >= 15 is 0 Å². The highest BCUT2D eigenvalue weighted by Crippen LogP contribution is 2.13. The van der Waals surface area contributed by atoms with E-state index in [1.165, 1.54) is 4.57 Å². The summed E-state index contributed by atoms with van der Waals surface area (Å²) >= 11 is 0. The van der Waals surface area contributed by atoms with Crippen molar-refractivity contribution in [1.82, 2.24) is 9.55 Å². The second-order valence-corrected chi connectivity index (χ2v) is 3.67. The number of para-hydroxylation sites is 1.